The van der Waals surface area contributed by atoms with Gasteiger partial charge in [0.05, 0.1) is 0 Å². The average Bonchev–Trinajstić information content (AvgIpc) is 2.81. The SMILES string of the molecule is CC1C(=O)N(c2ccc(Oc3ccccc3)cc2)CCN1C(=O)CCc1ccccc1. The maximum Gasteiger partial charge on any atom is 0.249 e. The van der Waals surface area contributed by atoms with Gasteiger partial charge in [0.15, 0.2) is 0 Å². The van der Waals surface area contributed by atoms with Crippen LogP contribution in [0.3, 0.4) is 0 Å². The summed E-state index contributed by atoms with van der Waals surface area (Å²) in [4.78, 5) is 29.2. The summed E-state index contributed by atoms with van der Waals surface area (Å²) in [7, 11) is 0. The van der Waals surface area contributed by atoms with E-state index in [4.69, 9.17) is 4.74 Å². The number of ether oxygens (including phenoxy) is 1. The van der Waals surface area contributed by atoms with E-state index in [1.54, 1.807) is 9.80 Å². The van der Waals surface area contributed by atoms with E-state index < -0.39 is 6.04 Å². The molecule has 5 heteroatoms. The van der Waals surface area contributed by atoms with Crippen LogP contribution in [-0.4, -0.2) is 35.8 Å². The molecule has 1 atom stereocenters. The molecule has 3 aromatic carbocycles. The minimum Gasteiger partial charge on any atom is -0.457 e. The first kappa shape index (κ1) is 20.7. The Kier molecular flexibility index (Phi) is 6.32. The summed E-state index contributed by atoms with van der Waals surface area (Å²) >= 11 is 0. The van der Waals surface area contributed by atoms with E-state index in [2.05, 4.69) is 0 Å². The van der Waals surface area contributed by atoms with E-state index >= 15 is 0 Å². The van der Waals surface area contributed by atoms with Gasteiger partial charge in [0, 0.05) is 25.2 Å². The molecule has 31 heavy (non-hydrogen) atoms. The summed E-state index contributed by atoms with van der Waals surface area (Å²) in [6.07, 6.45) is 1.09. The lowest BCUT2D eigenvalue weighted by Gasteiger charge is -2.39. The zero-order chi connectivity index (χ0) is 21.6. The third-order valence-corrected chi connectivity index (χ3v) is 5.57. The number of rotatable bonds is 6. The number of carbonyl (C=O) groups excluding carboxylic acids is 2. The third-order valence-electron chi connectivity index (χ3n) is 5.57. The molecule has 1 aliphatic heterocycles. The van der Waals surface area contributed by atoms with Gasteiger partial charge in [0.2, 0.25) is 11.8 Å². The average molecular weight is 415 g/mol. The van der Waals surface area contributed by atoms with Gasteiger partial charge in [-0.25, -0.2) is 0 Å². The van der Waals surface area contributed by atoms with Crippen LogP contribution in [0.4, 0.5) is 5.69 Å². The summed E-state index contributed by atoms with van der Waals surface area (Å²) in [6, 6.07) is 26.5. The minimum absolute atomic E-state index is 0.0240. The highest BCUT2D eigenvalue weighted by Gasteiger charge is 2.34. The Bertz CT molecular complexity index is 1020. The van der Waals surface area contributed by atoms with Crippen molar-refractivity contribution in [2.24, 2.45) is 0 Å². The molecule has 1 unspecified atom stereocenters. The van der Waals surface area contributed by atoms with Crippen molar-refractivity contribution in [3.05, 3.63) is 90.5 Å². The van der Waals surface area contributed by atoms with Gasteiger partial charge in [-0.05, 0) is 55.3 Å². The van der Waals surface area contributed by atoms with Crippen LogP contribution in [-0.2, 0) is 16.0 Å². The van der Waals surface area contributed by atoms with E-state index in [1.165, 1.54) is 0 Å². The van der Waals surface area contributed by atoms with Crippen LogP contribution in [0.15, 0.2) is 84.9 Å². The van der Waals surface area contributed by atoms with Crippen molar-refractivity contribution in [1.82, 2.24) is 4.90 Å². The fourth-order valence-corrected chi connectivity index (χ4v) is 3.83. The van der Waals surface area contributed by atoms with E-state index in [1.807, 2.05) is 91.9 Å². The second-order valence-electron chi connectivity index (χ2n) is 7.65. The molecule has 0 saturated carbocycles. The van der Waals surface area contributed by atoms with Crippen LogP contribution >= 0.6 is 0 Å². The molecule has 0 bridgehead atoms. The highest BCUT2D eigenvalue weighted by Crippen LogP contribution is 2.26. The van der Waals surface area contributed by atoms with Crippen molar-refractivity contribution in [3.8, 4) is 11.5 Å². The number of carbonyl (C=O) groups is 2. The molecular weight excluding hydrogens is 388 g/mol. The number of anilines is 1. The number of benzene rings is 3. The molecule has 1 aliphatic rings. The first-order chi connectivity index (χ1) is 15.1. The van der Waals surface area contributed by atoms with Gasteiger partial charge in [0.25, 0.3) is 0 Å². The molecule has 1 heterocycles. The highest BCUT2D eigenvalue weighted by molar-refractivity contribution is 6.00. The molecule has 0 radical (unpaired) electrons. The van der Waals surface area contributed by atoms with Crippen molar-refractivity contribution in [3.63, 3.8) is 0 Å². The van der Waals surface area contributed by atoms with Crippen LogP contribution in [0.5, 0.6) is 11.5 Å². The van der Waals surface area contributed by atoms with Gasteiger partial charge in [-0.2, -0.15) is 0 Å². The summed E-state index contributed by atoms with van der Waals surface area (Å²) in [6.45, 7) is 2.82. The molecule has 2 amide bonds. The second-order valence-corrected chi connectivity index (χ2v) is 7.65. The summed E-state index contributed by atoms with van der Waals surface area (Å²) in [5.41, 5.74) is 1.94. The lowest BCUT2D eigenvalue weighted by atomic mass is 10.1. The van der Waals surface area contributed by atoms with Crippen molar-refractivity contribution >= 4 is 17.5 Å². The van der Waals surface area contributed by atoms with Crippen molar-refractivity contribution in [2.45, 2.75) is 25.8 Å². The predicted octanol–water partition coefficient (Wildman–Crippen LogP) is 4.68. The molecule has 0 aromatic heterocycles. The van der Waals surface area contributed by atoms with E-state index in [0.717, 1.165) is 17.0 Å². The van der Waals surface area contributed by atoms with Crippen LogP contribution in [0.1, 0.15) is 18.9 Å². The number of aryl methyl sites for hydroxylation is 1. The Balaban J connectivity index is 1.36. The Morgan fingerprint density at radius 1 is 0.871 bits per heavy atom. The molecule has 0 spiro atoms. The van der Waals surface area contributed by atoms with Gasteiger partial charge in [-0.1, -0.05) is 48.5 Å². The van der Waals surface area contributed by atoms with Crippen LogP contribution in [0.25, 0.3) is 0 Å². The number of piperazine rings is 1. The van der Waals surface area contributed by atoms with E-state index in [9.17, 15) is 9.59 Å². The van der Waals surface area contributed by atoms with Gasteiger partial charge in [-0.3, -0.25) is 9.59 Å². The Hall–Kier alpha value is -3.60. The minimum atomic E-state index is -0.475. The number of hydrogen-bond acceptors (Lipinski definition) is 3. The van der Waals surface area contributed by atoms with Crippen LogP contribution in [0.2, 0.25) is 0 Å². The molecule has 0 aliphatic carbocycles. The first-order valence-electron chi connectivity index (χ1n) is 10.6. The number of para-hydroxylation sites is 1. The smallest absolute Gasteiger partial charge is 0.249 e. The van der Waals surface area contributed by atoms with Gasteiger partial charge >= 0.3 is 0 Å². The largest absolute Gasteiger partial charge is 0.457 e. The Labute approximate surface area is 182 Å². The summed E-state index contributed by atoms with van der Waals surface area (Å²) in [5, 5.41) is 0. The zero-order valence-corrected chi connectivity index (χ0v) is 17.6. The maximum absolute atomic E-state index is 13.0. The normalized spacial score (nSPS) is 16.3. The van der Waals surface area contributed by atoms with Crippen LogP contribution < -0.4 is 9.64 Å². The molecule has 4 rings (SSSR count). The standard InChI is InChI=1S/C26H26N2O3/c1-20-26(30)28(19-18-27(20)25(29)17-12-21-8-4-2-5-9-21)22-13-15-24(16-14-22)31-23-10-6-3-7-11-23/h2-11,13-16,20H,12,17-19H2,1H3. The number of hydrogen-bond donors (Lipinski definition) is 0. The lowest BCUT2D eigenvalue weighted by molar-refractivity contribution is -0.140. The maximum atomic E-state index is 13.0. The van der Waals surface area contributed by atoms with E-state index in [0.29, 0.717) is 31.7 Å². The number of amides is 2. The molecule has 158 valence electrons. The molecule has 5 nitrogen and oxygen atoms in total. The monoisotopic (exact) mass is 414 g/mol. The predicted molar refractivity (Wildman–Crippen MR) is 121 cm³/mol. The topological polar surface area (TPSA) is 49.9 Å². The molecule has 1 saturated heterocycles. The van der Waals surface area contributed by atoms with Crippen molar-refractivity contribution in [1.29, 1.82) is 0 Å². The fraction of sp³-hybridized carbons (Fsp3) is 0.231. The first-order valence-corrected chi connectivity index (χ1v) is 10.6. The fourth-order valence-electron chi connectivity index (χ4n) is 3.83. The Morgan fingerprint density at radius 2 is 1.48 bits per heavy atom. The Morgan fingerprint density at radius 3 is 2.16 bits per heavy atom. The quantitative estimate of drug-likeness (QED) is 0.589. The summed E-state index contributed by atoms with van der Waals surface area (Å²) in [5.74, 6) is 1.44. The van der Waals surface area contributed by atoms with Gasteiger partial charge in [-0.15, -0.1) is 0 Å². The summed E-state index contributed by atoms with van der Waals surface area (Å²) < 4.78 is 5.82. The van der Waals surface area contributed by atoms with Crippen LogP contribution in [0, 0.1) is 0 Å². The second kappa shape index (κ2) is 9.47. The molecular formula is C26H26N2O3. The van der Waals surface area contributed by atoms with Crippen molar-refractivity contribution < 1.29 is 14.3 Å². The van der Waals surface area contributed by atoms with Gasteiger partial charge < -0.3 is 14.5 Å². The number of nitrogens with zero attached hydrogens (tertiary/aromatic N) is 2. The molecule has 0 N–H and O–H groups in total. The molecule has 1 fully saturated rings. The van der Waals surface area contributed by atoms with Crippen molar-refractivity contribution in [2.75, 3.05) is 18.0 Å². The highest BCUT2D eigenvalue weighted by atomic mass is 16.5. The third kappa shape index (κ3) is 4.94. The lowest BCUT2D eigenvalue weighted by Crippen LogP contribution is -2.57. The molecule has 3 aromatic rings. The zero-order valence-electron chi connectivity index (χ0n) is 17.6. The van der Waals surface area contributed by atoms with Gasteiger partial charge in [0.1, 0.15) is 17.5 Å². The van der Waals surface area contributed by atoms with E-state index in [-0.39, 0.29) is 11.8 Å².